The first kappa shape index (κ1) is 17.8. The first-order chi connectivity index (χ1) is 12.4. The van der Waals surface area contributed by atoms with Crippen LogP contribution >= 0.6 is 11.6 Å². The van der Waals surface area contributed by atoms with Gasteiger partial charge in [0.15, 0.2) is 11.6 Å². The maximum Gasteiger partial charge on any atom is 0.181 e. The van der Waals surface area contributed by atoms with Crippen molar-refractivity contribution >= 4 is 34.2 Å². The number of hydrogen-bond donors (Lipinski definition) is 1. The predicted molar refractivity (Wildman–Crippen MR) is 103 cm³/mol. The molecule has 0 aliphatic carbocycles. The maximum atomic E-state index is 13.7. The van der Waals surface area contributed by atoms with E-state index in [1.165, 1.54) is 6.08 Å². The zero-order valence-electron chi connectivity index (χ0n) is 14.4. The van der Waals surface area contributed by atoms with Gasteiger partial charge in [0.1, 0.15) is 16.5 Å². The van der Waals surface area contributed by atoms with E-state index in [1.54, 1.807) is 49.0 Å². The molecule has 0 saturated heterocycles. The van der Waals surface area contributed by atoms with Gasteiger partial charge in [-0.3, -0.25) is 0 Å². The number of hydrogen-bond acceptors (Lipinski definition) is 4. The van der Waals surface area contributed by atoms with Crippen LogP contribution in [-0.4, -0.2) is 19.6 Å². The van der Waals surface area contributed by atoms with Crippen LogP contribution in [0.1, 0.15) is 19.7 Å². The van der Waals surface area contributed by atoms with Crippen LogP contribution in [0.15, 0.2) is 66.8 Å². The summed E-state index contributed by atoms with van der Waals surface area (Å²) in [7, 11) is 0. The van der Waals surface area contributed by atoms with Gasteiger partial charge in [0.25, 0.3) is 0 Å². The molecule has 132 valence electrons. The molecule has 0 aromatic carbocycles. The molecule has 0 atom stereocenters. The highest BCUT2D eigenvalue weighted by Gasteiger charge is 2.10. The fraction of sp³-hybridized carbons (Fsp3) is 0.105. The number of nitrogens with one attached hydrogen (secondary N) is 1. The lowest BCUT2D eigenvalue weighted by atomic mass is 10.2. The Morgan fingerprint density at radius 1 is 1.31 bits per heavy atom. The van der Waals surface area contributed by atoms with Crippen LogP contribution < -0.4 is 5.32 Å². The van der Waals surface area contributed by atoms with Crippen molar-refractivity contribution < 1.29 is 4.39 Å². The average molecular weight is 370 g/mol. The lowest BCUT2D eigenvalue weighted by molar-refractivity contribution is 0.654. The third-order valence-corrected chi connectivity index (χ3v) is 3.78. The molecule has 0 aliphatic heterocycles. The van der Waals surface area contributed by atoms with Gasteiger partial charge < -0.3 is 5.32 Å². The van der Waals surface area contributed by atoms with Gasteiger partial charge in [0.05, 0.1) is 0 Å². The van der Waals surface area contributed by atoms with Crippen LogP contribution in [-0.2, 0) is 0 Å². The Balaban J connectivity index is 1.98. The van der Waals surface area contributed by atoms with Crippen LogP contribution in [0.4, 0.5) is 15.9 Å². The fourth-order valence-electron chi connectivity index (χ4n) is 2.19. The second-order valence-corrected chi connectivity index (χ2v) is 6.21. The third kappa shape index (κ3) is 3.97. The molecule has 0 amide bonds. The number of pyridine rings is 1. The Bertz CT molecular complexity index is 1030. The molecule has 0 aliphatic rings. The number of rotatable bonds is 5. The van der Waals surface area contributed by atoms with E-state index in [0.29, 0.717) is 27.9 Å². The first-order valence-corrected chi connectivity index (χ1v) is 8.26. The minimum atomic E-state index is -0.307. The van der Waals surface area contributed by atoms with E-state index in [1.807, 2.05) is 12.1 Å². The van der Waals surface area contributed by atoms with Crippen molar-refractivity contribution in [3.05, 3.63) is 77.8 Å². The zero-order chi connectivity index (χ0) is 18.7. The molecular formula is C19H17ClFN5. The third-order valence-electron chi connectivity index (χ3n) is 3.58. The van der Waals surface area contributed by atoms with Crippen molar-refractivity contribution in [3.8, 4) is 0 Å². The topological polar surface area (TPSA) is 55.1 Å². The van der Waals surface area contributed by atoms with Crippen LogP contribution in [0.5, 0.6) is 0 Å². The van der Waals surface area contributed by atoms with Crippen molar-refractivity contribution in [1.29, 1.82) is 0 Å². The largest absolute Gasteiger partial charge is 0.338 e. The Hall–Kier alpha value is -2.99. The molecular weight excluding hydrogens is 353 g/mol. The van der Waals surface area contributed by atoms with Crippen LogP contribution in [0, 0.1) is 0 Å². The summed E-state index contributed by atoms with van der Waals surface area (Å²) in [5, 5.41) is 8.00. The molecule has 3 aromatic heterocycles. The van der Waals surface area contributed by atoms with Crippen LogP contribution in [0.3, 0.4) is 0 Å². The number of halogens is 2. The zero-order valence-corrected chi connectivity index (χ0v) is 15.1. The van der Waals surface area contributed by atoms with Crippen molar-refractivity contribution in [3.63, 3.8) is 0 Å². The van der Waals surface area contributed by atoms with Gasteiger partial charge in [0, 0.05) is 23.7 Å². The van der Waals surface area contributed by atoms with Gasteiger partial charge in [-0.1, -0.05) is 18.2 Å². The van der Waals surface area contributed by atoms with Crippen LogP contribution in [0.2, 0.25) is 5.15 Å². The van der Waals surface area contributed by atoms with Crippen molar-refractivity contribution in [2.45, 2.75) is 13.8 Å². The smallest absolute Gasteiger partial charge is 0.181 e. The summed E-state index contributed by atoms with van der Waals surface area (Å²) in [6, 6.07) is 7.23. The number of anilines is 2. The van der Waals surface area contributed by atoms with E-state index in [9.17, 15) is 4.39 Å². The van der Waals surface area contributed by atoms with Gasteiger partial charge in [-0.2, -0.15) is 0 Å². The summed E-state index contributed by atoms with van der Waals surface area (Å²) >= 11 is 5.93. The minimum absolute atomic E-state index is 0.307. The van der Waals surface area contributed by atoms with Crippen molar-refractivity contribution in [2.75, 3.05) is 5.32 Å². The molecule has 0 radical (unpaired) electrons. The van der Waals surface area contributed by atoms with E-state index in [0.717, 1.165) is 11.2 Å². The monoisotopic (exact) mass is 369 g/mol. The quantitative estimate of drug-likeness (QED) is 0.486. The van der Waals surface area contributed by atoms with Gasteiger partial charge in [-0.05, 0) is 55.8 Å². The van der Waals surface area contributed by atoms with Gasteiger partial charge in [-0.15, -0.1) is 5.10 Å². The fourth-order valence-corrected chi connectivity index (χ4v) is 2.37. The molecule has 5 nitrogen and oxygen atoms in total. The van der Waals surface area contributed by atoms with Gasteiger partial charge in [-0.25, -0.2) is 18.9 Å². The average Bonchev–Trinajstić information content (AvgIpc) is 3.08. The summed E-state index contributed by atoms with van der Waals surface area (Å²) in [6.07, 6.45) is 6.32. The number of aromatic nitrogens is 4. The van der Waals surface area contributed by atoms with Gasteiger partial charge in [0.2, 0.25) is 0 Å². The van der Waals surface area contributed by atoms with E-state index in [4.69, 9.17) is 11.6 Å². The standard InChI is InChI=1S/C19H17ClFN5/c1-12(2)15(21)7-6-13(3)18-24-19(16-5-4-10-26(16)25-18)23-14-8-9-22-17(20)11-14/h4-11H,3H2,1-2H3,(H,22,23,24,25)/b7-6-. The number of allylic oxidation sites excluding steroid dienone is 5. The highest BCUT2D eigenvalue weighted by Crippen LogP contribution is 2.23. The second kappa shape index (κ2) is 7.49. The minimum Gasteiger partial charge on any atom is -0.338 e. The summed E-state index contributed by atoms with van der Waals surface area (Å²) < 4.78 is 15.4. The molecule has 0 saturated carbocycles. The van der Waals surface area contributed by atoms with Crippen molar-refractivity contribution in [2.24, 2.45) is 0 Å². The SMILES string of the molecule is C=C(/C=C\C(F)=C(C)C)c1nc(Nc2ccnc(Cl)c2)c2cccn2n1. The summed E-state index contributed by atoms with van der Waals surface area (Å²) in [5.41, 5.74) is 2.61. The van der Waals surface area contributed by atoms with Crippen LogP contribution in [0.25, 0.3) is 11.1 Å². The lowest BCUT2D eigenvalue weighted by Crippen LogP contribution is -2.05. The summed E-state index contributed by atoms with van der Waals surface area (Å²) in [5.74, 6) is 0.659. The Morgan fingerprint density at radius 3 is 2.85 bits per heavy atom. The molecule has 0 fully saturated rings. The van der Waals surface area contributed by atoms with E-state index in [2.05, 4.69) is 27.0 Å². The Kier molecular flexibility index (Phi) is 5.14. The second-order valence-electron chi connectivity index (χ2n) is 5.82. The predicted octanol–water partition coefficient (Wildman–Crippen LogP) is 5.35. The highest BCUT2D eigenvalue weighted by molar-refractivity contribution is 6.29. The molecule has 3 rings (SSSR count). The lowest BCUT2D eigenvalue weighted by Gasteiger charge is -2.10. The Labute approximate surface area is 155 Å². The molecule has 0 spiro atoms. The van der Waals surface area contributed by atoms with Gasteiger partial charge >= 0.3 is 0 Å². The maximum absolute atomic E-state index is 13.7. The molecule has 0 bridgehead atoms. The molecule has 3 heterocycles. The molecule has 3 aromatic rings. The number of fused-ring (bicyclic) bond motifs is 1. The van der Waals surface area contributed by atoms with E-state index < -0.39 is 0 Å². The van der Waals surface area contributed by atoms with E-state index in [-0.39, 0.29) is 5.83 Å². The number of nitrogens with zero attached hydrogens (tertiary/aromatic N) is 4. The normalized spacial score (nSPS) is 11.1. The molecule has 7 heteroatoms. The van der Waals surface area contributed by atoms with E-state index >= 15 is 0 Å². The van der Waals surface area contributed by atoms with Crippen molar-refractivity contribution in [1.82, 2.24) is 19.6 Å². The summed E-state index contributed by atoms with van der Waals surface area (Å²) in [6.45, 7) is 7.34. The summed E-state index contributed by atoms with van der Waals surface area (Å²) in [4.78, 5) is 8.48. The Morgan fingerprint density at radius 2 is 2.12 bits per heavy atom. The molecule has 0 unspecified atom stereocenters. The molecule has 1 N–H and O–H groups in total. The first-order valence-electron chi connectivity index (χ1n) is 7.88. The highest BCUT2D eigenvalue weighted by atomic mass is 35.5. The molecule has 26 heavy (non-hydrogen) atoms.